The van der Waals surface area contributed by atoms with Crippen LogP contribution in [0, 0.1) is 0 Å². The number of sulfone groups is 1. The van der Waals surface area contributed by atoms with Gasteiger partial charge in [0.2, 0.25) is 10.0 Å². The minimum absolute atomic E-state index is 0.0463. The highest BCUT2D eigenvalue weighted by Gasteiger charge is 2.22. The number of nitrogens with zero attached hydrogens (tertiary/aromatic N) is 1. The molecule has 0 radical (unpaired) electrons. The van der Waals surface area contributed by atoms with E-state index in [0.717, 1.165) is 17.6 Å². The Morgan fingerprint density at radius 2 is 1.29 bits per heavy atom. The molecule has 0 saturated heterocycles. The first-order chi connectivity index (χ1) is 14.8. The summed E-state index contributed by atoms with van der Waals surface area (Å²) in [5.74, 6) is 0. The van der Waals surface area contributed by atoms with Gasteiger partial charge in [0.15, 0.2) is 9.84 Å². The maximum absolute atomic E-state index is 12.6. The van der Waals surface area contributed by atoms with Crippen molar-refractivity contribution >= 4 is 43.0 Å². The van der Waals surface area contributed by atoms with Crippen molar-refractivity contribution in [2.75, 3.05) is 24.2 Å². The maximum atomic E-state index is 12.6. The van der Waals surface area contributed by atoms with Crippen molar-refractivity contribution in [3.8, 4) is 0 Å². The van der Waals surface area contributed by atoms with E-state index >= 15 is 0 Å². The molecular formula is C22H22N2O4S3. The molecule has 9 heteroatoms. The van der Waals surface area contributed by atoms with Crippen molar-refractivity contribution in [2.45, 2.75) is 26.0 Å². The number of benzene rings is 3. The summed E-state index contributed by atoms with van der Waals surface area (Å²) in [4.78, 5) is 4.70. The van der Waals surface area contributed by atoms with Crippen molar-refractivity contribution in [1.82, 2.24) is 4.72 Å². The highest BCUT2D eigenvalue weighted by atomic mass is 32.2. The summed E-state index contributed by atoms with van der Waals surface area (Å²) in [7, 11) is -7.08. The molecule has 6 nitrogen and oxygen atoms in total. The van der Waals surface area contributed by atoms with E-state index in [1.54, 1.807) is 11.8 Å². The first-order valence-electron chi connectivity index (χ1n) is 9.69. The monoisotopic (exact) mass is 474 g/mol. The van der Waals surface area contributed by atoms with E-state index in [0.29, 0.717) is 13.0 Å². The summed E-state index contributed by atoms with van der Waals surface area (Å²) in [6, 6.07) is 21.6. The van der Waals surface area contributed by atoms with Crippen LogP contribution in [-0.2, 0) is 19.9 Å². The molecule has 0 unspecified atom stereocenters. The molecule has 4 rings (SSSR count). The molecule has 0 atom stereocenters. The summed E-state index contributed by atoms with van der Waals surface area (Å²) in [5, 5.41) is 0. The predicted molar refractivity (Wildman–Crippen MR) is 123 cm³/mol. The molecule has 1 aliphatic heterocycles. The van der Waals surface area contributed by atoms with Gasteiger partial charge in [-0.2, -0.15) is 0 Å². The summed E-state index contributed by atoms with van der Waals surface area (Å²) >= 11 is 1.73. The van der Waals surface area contributed by atoms with Crippen LogP contribution in [-0.4, -0.2) is 36.2 Å². The number of rotatable bonds is 7. The van der Waals surface area contributed by atoms with Crippen LogP contribution >= 0.6 is 11.8 Å². The number of fused-ring (bicyclic) bond motifs is 2. The van der Waals surface area contributed by atoms with Crippen LogP contribution in [0.3, 0.4) is 0 Å². The third-order valence-electron chi connectivity index (χ3n) is 4.94. The molecule has 162 valence electrons. The van der Waals surface area contributed by atoms with Gasteiger partial charge in [-0.3, -0.25) is 0 Å². The number of sulfonamides is 1. The van der Waals surface area contributed by atoms with Crippen LogP contribution in [0.25, 0.3) is 0 Å². The molecular weight excluding hydrogens is 452 g/mol. The molecule has 1 aliphatic rings. The molecule has 0 aliphatic carbocycles. The number of nitrogens with one attached hydrogen (secondary N) is 1. The minimum Gasteiger partial charge on any atom is -0.340 e. The zero-order chi connectivity index (χ0) is 22.1. The molecule has 0 amide bonds. The molecule has 31 heavy (non-hydrogen) atoms. The molecule has 1 heterocycles. The lowest BCUT2D eigenvalue weighted by molar-refractivity contribution is 0.578. The van der Waals surface area contributed by atoms with Crippen LogP contribution in [0.4, 0.5) is 11.4 Å². The van der Waals surface area contributed by atoms with Gasteiger partial charge in [0, 0.05) is 29.1 Å². The van der Waals surface area contributed by atoms with Gasteiger partial charge in [0.25, 0.3) is 0 Å². The van der Waals surface area contributed by atoms with E-state index in [-0.39, 0.29) is 16.3 Å². The van der Waals surface area contributed by atoms with Gasteiger partial charge in [0.1, 0.15) is 0 Å². The van der Waals surface area contributed by atoms with E-state index < -0.39 is 19.9 Å². The topological polar surface area (TPSA) is 83.5 Å². The second-order valence-electron chi connectivity index (χ2n) is 7.18. The van der Waals surface area contributed by atoms with Crippen LogP contribution < -0.4 is 9.62 Å². The Labute approximate surface area is 187 Å². The van der Waals surface area contributed by atoms with Gasteiger partial charge in [-0.1, -0.05) is 36.0 Å². The number of anilines is 2. The van der Waals surface area contributed by atoms with Gasteiger partial charge in [0.05, 0.1) is 21.2 Å². The van der Waals surface area contributed by atoms with Gasteiger partial charge in [-0.15, -0.1) is 0 Å². The maximum Gasteiger partial charge on any atom is 0.240 e. The Morgan fingerprint density at radius 3 is 1.84 bits per heavy atom. The minimum atomic E-state index is -3.71. The molecule has 3 aromatic carbocycles. The summed E-state index contributed by atoms with van der Waals surface area (Å²) in [5.41, 5.74) is 2.23. The first kappa shape index (κ1) is 21.9. The quantitative estimate of drug-likeness (QED) is 0.520. The lowest BCUT2D eigenvalue weighted by atomic mass is 10.2. The van der Waals surface area contributed by atoms with Gasteiger partial charge in [-0.25, -0.2) is 21.6 Å². The van der Waals surface area contributed by atoms with Crippen LogP contribution in [0.2, 0.25) is 0 Å². The highest BCUT2D eigenvalue weighted by Crippen LogP contribution is 2.47. The van der Waals surface area contributed by atoms with Crippen LogP contribution in [0.15, 0.2) is 92.4 Å². The normalized spacial score (nSPS) is 13.5. The third kappa shape index (κ3) is 4.79. The summed E-state index contributed by atoms with van der Waals surface area (Å²) < 4.78 is 50.9. The van der Waals surface area contributed by atoms with E-state index in [1.807, 2.05) is 24.3 Å². The van der Waals surface area contributed by atoms with Crippen LogP contribution in [0.1, 0.15) is 6.42 Å². The molecule has 0 spiro atoms. The fourth-order valence-corrected chi connectivity index (χ4v) is 6.22. The van der Waals surface area contributed by atoms with Crippen molar-refractivity contribution in [3.63, 3.8) is 0 Å². The summed E-state index contributed by atoms with van der Waals surface area (Å²) in [6.45, 7) is 0.925. The molecule has 3 aromatic rings. The highest BCUT2D eigenvalue weighted by molar-refractivity contribution is 7.99. The average Bonchev–Trinajstić information content (AvgIpc) is 2.75. The average molecular weight is 475 g/mol. The number of hydrogen-bond donors (Lipinski definition) is 1. The smallest absolute Gasteiger partial charge is 0.240 e. The lowest BCUT2D eigenvalue weighted by Gasteiger charge is -2.32. The Kier molecular flexibility index (Phi) is 6.11. The van der Waals surface area contributed by atoms with Gasteiger partial charge >= 0.3 is 0 Å². The second kappa shape index (κ2) is 8.66. The van der Waals surface area contributed by atoms with Crippen molar-refractivity contribution in [3.05, 3.63) is 72.8 Å². The number of hydrogen-bond acceptors (Lipinski definition) is 6. The van der Waals surface area contributed by atoms with Crippen molar-refractivity contribution in [1.29, 1.82) is 0 Å². The van der Waals surface area contributed by atoms with E-state index in [4.69, 9.17) is 0 Å². The molecule has 1 N–H and O–H groups in total. The SMILES string of the molecule is CS(=O)(=O)c1ccc(S(=O)(=O)NCCCN2c3ccccc3Sc3ccccc32)cc1. The van der Waals surface area contributed by atoms with Crippen molar-refractivity contribution in [2.24, 2.45) is 0 Å². The Morgan fingerprint density at radius 1 is 0.774 bits per heavy atom. The first-order valence-corrected chi connectivity index (χ1v) is 13.9. The molecule has 0 aromatic heterocycles. The van der Waals surface area contributed by atoms with Gasteiger partial charge < -0.3 is 4.90 Å². The zero-order valence-corrected chi connectivity index (χ0v) is 19.3. The molecule has 0 saturated carbocycles. The zero-order valence-electron chi connectivity index (χ0n) is 16.9. The fraction of sp³-hybridized carbons (Fsp3) is 0.182. The number of para-hydroxylation sites is 2. The van der Waals surface area contributed by atoms with Gasteiger partial charge in [-0.05, 0) is 55.0 Å². The largest absolute Gasteiger partial charge is 0.340 e. The predicted octanol–water partition coefficient (Wildman–Crippen LogP) is 4.06. The van der Waals surface area contributed by atoms with E-state index in [2.05, 4.69) is 33.9 Å². The molecule has 0 bridgehead atoms. The standard InChI is InChI=1S/C22H22N2O4S3/c1-30(25,26)17-11-13-18(14-12-17)31(27,28)23-15-6-16-24-19-7-2-4-9-21(19)29-22-10-5-3-8-20(22)24/h2-5,7-14,23H,6,15-16H2,1H3. The lowest BCUT2D eigenvalue weighted by Crippen LogP contribution is -2.29. The second-order valence-corrected chi connectivity index (χ2v) is 12.1. The Balaban J connectivity index is 1.43. The van der Waals surface area contributed by atoms with Crippen molar-refractivity contribution < 1.29 is 16.8 Å². The molecule has 0 fully saturated rings. The third-order valence-corrected chi connectivity index (χ3v) is 8.68. The Hall–Kier alpha value is -2.33. The fourth-order valence-electron chi connectivity index (χ4n) is 3.42. The Bertz CT molecular complexity index is 1260. The summed E-state index contributed by atoms with van der Waals surface area (Å²) in [6.07, 6.45) is 1.69. The van der Waals surface area contributed by atoms with Crippen LogP contribution in [0.5, 0.6) is 0 Å². The van der Waals surface area contributed by atoms with E-state index in [1.165, 1.54) is 34.1 Å². The van der Waals surface area contributed by atoms with E-state index in [9.17, 15) is 16.8 Å².